The van der Waals surface area contributed by atoms with Crippen molar-refractivity contribution >= 4 is 5.97 Å². The molecule has 0 aliphatic carbocycles. The number of hydrogen-bond donors (Lipinski definition) is 1. The molecule has 0 heterocycles. The summed E-state index contributed by atoms with van der Waals surface area (Å²) < 4.78 is 5.28. The number of carbonyl (C=O) groups is 1. The highest BCUT2D eigenvalue weighted by Gasteiger charge is 2.08. The second kappa shape index (κ2) is 7.79. The van der Waals surface area contributed by atoms with E-state index in [1.807, 2.05) is 12.1 Å². The van der Waals surface area contributed by atoms with E-state index in [1.165, 1.54) is 5.56 Å². The lowest BCUT2D eigenvalue weighted by Gasteiger charge is -2.19. The third-order valence-electron chi connectivity index (χ3n) is 3.25. The molecule has 0 radical (unpaired) electrons. The van der Waals surface area contributed by atoms with Gasteiger partial charge in [0.05, 0.1) is 7.11 Å². The van der Waals surface area contributed by atoms with Gasteiger partial charge in [0.2, 0.25) is 0 Å². The summed E-state index contributed by atoms with van der Waals surface area (Å²) in [5.41, 5.74) is 2.17. The molecule has 0 spiro atoms. The van der Waals surface area contributed by atoms with E-state index >= 15 is 0 Å². The van der Waals surface area contributed by atoms with Crippen LogP contribution in [0.5, 0.6) is 5.75 Å². The van der Waals surface area contributed by atoms with Gasteiger partial charge in [0.15, 0.2) is 0 Å². The van der Waals surface area contributed by atoms with Crippen LogP contribution in [0.2, 0.25) is 0 Å². The van der Waals surface area contributed by atoms with Gasteiger partial charge < -0.3 is 9.84 Å². The Morgan fingerprint density at radius 2 is 2.00 bits per heavy atom. The number of carboxylic acid groups (broad SMARTS) is 1. The zero-order valence-electron chi connectivity index (χ0n) is 12.0. The van der Waals surface area contributed by atoms with E-state index in [0.29, 0.717) is 6.42 Å². The molecule has 19 heavy (non-hydrogen) atoms. The van der Waals surface area contributed by atoms with Crippen LogP contribution in [0.3, 0.4) is 0 Å². The fourth-order valence-corrected chi connectivity index (χ4v) is 2.07. The van der Waals surface area contributed by atoms with Gasteiger partial charge in [-0.1, -0.05) is 26.0 Å². The Hall–Kier alpha value is -1.55. The fraction of sp³-hybridized carbons (Fsp3) is 0.533. The van der Waals surface area contributed by atoms with E-state index in [1.54, 1.807) is 7.11 Å². The van der Waals surface area contributed by atoms with Crippen LogP contribution in [0.15, 0.2) is 18.2 Å². The summed E-state index contributed by atoms with van der Waals surface area (Å²) in [6.07, 6.45) is 0.635. The number of rotatable bonds is 8. The van der Waals surface area contributed by atoms with E-state index < -0.39 is 5.97 Å². The molecule has 4 nitrogen and oxygen atoms in total. The Morgan fingerprint density at radius 3 is 2.53 bits per heavy atom. The molecule has 0 atom stereocenters. The lowest BCUT2D eigenvalue weighted by atomic mass is 10.0. The topological polar surface area (TPSA) is 49.8 Å². The Morgan fingerprint density at radius 1 is 1.32 bits per heavy atom. The molecule has 106 valence electrons. The van der Waals surface area contributed by atoms with Gasteiger partial charge in [0.25, 0.3) is 0 Å². The molecular weight excluding hydrogens is 242 g/mol. The molecule has 0 fully saturated rings. The SMILES string of the molecule is CCN(CC)Cc1ccc(OC)c(CCC(=O)O)c1. The number of nitrogens with zero attached hydrogens (tertiary/aromatic N) is 1. The Kier molecular flexibility index (Phi) is 6.36. The van der Waals surface area contributed by atoms with Crippen LogP contribution in [-0.4, -0.2) is 36.2 Å². The molecule has 1 aromatic carbocycles. The number of carboxylic acids is 1. The van der Waals surface area contributed by atoms with Crippen LogP contribution in [0.1, 0.15) is 31.4 Å². The lowest BCUT2D eigenvalue weighted by Crippen LogP contribution is -2.22. The normalized spacial score (nSPS) is 10.7. The van der Waals surface area contributed by atoms with Crippen LogP contribution in [-0.2, 0) is 17.8 Å². The van der Waals surface area contributed by atoms with E-state index in [0.717, 1.165) is 30.9 Å². The number of benzene rings is 1. The van der Waals surface area contributed by atoms with E-state index in [2.05, 4.69) is 24.8 Å². The van der Waals surface area contributed by atoms with Crippen LogP contribution in [0.25, 0.3) is 0 Å². The molecule has 1 N–H and O–H groups in total. The average Bonchev–Trinajstić information content (AvgIpc) is 2.42. The van der Waals surface area contributed by atoms with Crippen LogP contribution in [0.4, 0.5) is 0 Å². The minimum absolute atomic E-state index is 0.130. The number of ether oxygens (including phenoxy) is 1. The predicted molar refractivity (Wildman–Crippen MR) is 75.6 cm³/mol. The van der Waals surface area contributed by atoms with E-state index in [-0.39, 0.29) is 6.42 Å². The molecular formula is C15H23NO3. The van der Waals surface area contributed by atoms with Gasteiger partial charge >= 0.3 is 5.97 Å². The van der Waals surface area contributed by atoms with Crippen molar-refractivity contribution in [2.45, 2.75) is 33.2 Å². The van der Waals surface area contributed by atoms with Crippen molar-refractivity contribution in [2.24, 2.45) is 0 Å². The zero-order chi connectivity index (χ0) is 14.3. The van der Waals surface area contributed by atoms with Crippen molar-refractivity contribution < 1.29 is 14.6 Å². The molecule has 0 aromatic heterocycles. The summed E-state index contributed by atoms with van der Waals surface area (Å²) >= 11 is 0. The molecule has 0 saturated carbocycles. The predicted octanol–water partition coefficient (Wildman–Crippen LogP) is 2.55. The third-order valence-corrected chi connectivity index (χ3v) is 3.25. The molecule has 1 rings (SSSR count). The summed E-state index contributed by atoms with van der Waals surface area (Å²) in [6, 6.07) is 6.03. The first-order valence-electron chi connectivity index (χ1n) is 6.70. The average molecular weight is 265 g/mol. The standard InChI is InChI=1S/C15H23NO3/c1-4-16(5-2)11-12-6-8-14(19-3)13(10-12)7-9-15(17)18/h6,8,10H,4-5,7,9,11H2,1-3H3,(H,17,18). The number of aliphatic carboxylic acids is 1. The number of hydrogen-bond acceptors (Lipinski definition) is 3. The van der Waals surface area contributed by atoms with Crippen molar-refractivity contribution in [3.8, 4) is 5.75 Å². The summed E-state index contributed by atoms with van der Waals surface area (Å²) in [7, 11) is 1.61. The molecule has 0 bridgehead atoms. The Labute approximate surface area is 115 Å². The first kappa shape index (κ1) is 15.5. The smallest absolute Gasteiger partial charge is 0.303 e. The van der Waals surface area contributed by atoms with Crippen molar-refractivity contribution in [3.63, 3.8) is 0 Å². The lowest BCUT2D eigenvalue weighted by molar-refractivity contribution is -0.136. The van der Waals surface area contributed by atoms with Crippen LogP contribution < -0.4 is 4.74 Å². The minimum Gasteiger partial charge on any atom is -0.496 e. The highest BCUT2D eigenvalue weighted by Crippen LogP contribution is 2.22. The van der Waals surface area contributed by atoms with Crippen molar-refractivity contribution in [3.05, 3.63) is 29.3 Å². The maximum atomic E-state index is 10.7. The molecule has 0 amide bonds. The largest absolute Gasteiger partial charge is 0.496 e. The highest BCUT2D eigenvalue weighted by molar-refractivity contribution is 5.67. The minimum atomic E-state index is -0.781. The van der Waals surface area contributed by atoms with Gasteiger partial charge in [0.1, 0.15) is 5.75 Å². The summed E-state index contributed by atoms with van der Waals surface area (Å²) in [5, 5.41) is 8.78. The fourth-order valence-electron chi connectivity index (χ4n) is 2.07. The first-order valence-corrected chi connectivity index (χ1v) is 6.70. The Balaban J connectivity index is 2.84. The number of aryl methyl sites for hydroxylation is 1. The highest BCUT2D eigenvalue weighted by atomic mass is 16.5. The van der Waals surface area contributed by atoms with E-state index in [4.69, 9.17) is 9.84 Å². The van der Waals surface area contributed by atoms with Gasteiger partial charge in [-0.2, -0.15) is 0 Å². The number of methoxy groups -OCH3 is 1. The first-order chi connectivity index (χ1) is 9.10. The van der Waals surface area contributed by atoms with Gasteiger partial charge in [-0.15, -0.1) is 0 Å². The van der Waals surface area contributed by atoms with Crippen molar-refractivity contribution in [1.29, 1.82) is 0 Å². The molecule has 0 saturated heterocycles. The molecule has 4 heteroatoms. The van der Waals surface area contributed by atoms with Gasteiger partial charge in [-0.25, -0.2) is 0 Å². The summed E-state index contributed by atoms with van der Waals surface area (Å²) in [4.78, 5) is 13.0. The van der Waals surface area contributed by atoms with Crippen LogP contribution >= 0.6 is 0 Å². The van der Waals surface area contributed by atoms with Crippen molar-refractivity contribution in [2.75, 3.05) is 20.2 Å². The maximum absolute atomic E-state index is 10.7. The molecule has 0 unspecified atom stereocenters. The van der Waals surface area contributed by atoms with Gasteiger partial charge in [0, 0.05) is 13.0 Å². The van der Waals surface area contributed by atoms with Crippen molar-refractivity contribution in [1.82, 2.24) is 4.90 Å². The maximum Gasteiger partial charge on any atom is 0.303 e. The molecule has 0 aliphatic rings. The molecule has 1 aromatic rings. The van der Waals surface area contributed by atoms with Crippen LogP contribution in [0, 0.1) is 0 Å². The summed E-state index contributed by atoms with van der Waals surface area (Å²) in [5.74, 6) is -0.0132. The summed E-state index contributed by atoms with van der Waals surface area (Å²) in [6.45, 7) is 7.17. The second-order valence-corrected chi connectivity index (χ2v) is 4.50. The second-order valence-electron chi connectivity index (χ2n) is 4.50. The monoisotopic (exact) mass is 265 g/mol. The Bertz CT molecular complexity index is 414. The molecule has 0 aliphatic heterocycles. The van der Waals surface area contributed by atoms with Gasteiger partial charge in [-0.05, 0) is 36.7 Å². The zero-order valence-corrected chi connectivity index (χ0v) is 12.0. The van der Waals surface area contributed by atoms with Gasteiger partial charge in [-0.3, -0.25) is 9.69 Å². The quantitative estimate of drug-likeness (QED) is 0.785. The third kappa shape index (κ3) is 4.91. The van der Waals surface area contributed by atoms with E-state index in [9.17, 15) is 4.79 Å².